The van der Waals surface area contributed by atoms with E-state index in [0.717, 1.165) is 29.5 Å². The van der Waals surface area contributed by atoms with E-state index in [1.807, 2.05) is 55.5 Å². The van der Waals surface area contributed by atoms with E-state index < -0.39 is 10.7 Å². The number of nitrogens with zero attached hydrogens (tertiary/aromatic N) is 1. The topological polar surface area (TPSA) is 105 Å². The van der Waals surface area contributed by atoms with E-state index in [4.69, 9.17) is 4.74 Å². The molecule has 0 bridgehead atoms. The van der Waals surface area contributed by atoms with Gasteiger partial charge in [-0.25, -0.2) is 0 Å². The Balaban J connectivity index is 2.03. The highest BCUT2D eigenvalue weighted by Gasteiger charge is 2.28. The fourth-order valence-electron chi connectivity index (χ4n) is 3.82. The molecule has 0 radical (unpaired) electrons. The third kappa shape index (κ3) is 3.60. The molecule has 7 nitrogen and oxygen atoms in total. The van der Waals surface area contributed by atoms with Gasteiger partial charge < -0.3 is 14.8 Å². The van der Waals surface area contributed by atoms with Crippen LogP contribution in [-0.2, 0) is 0 Å². The number of phenolic OH excluding ortho intramolecular Hbond substituents is 1. The predicted octanol–water partition coefficient (Wildman–Crippen LogP) is 5.51. The lowest BCUT2D eigenvalue weighted by molar-refractivity contribution is -0.384. The van der Waals surface area contributed by atoms with Crippen LogP contribution in [0.3, 0.4) is 0 Å². The van der Waals surface area contributed by atoms with Gasteiger partial charge in [0.15, 0.2) is 5.78 Å². The van der Waals surface area contributed by atoms with Gasteiger partial charge in [0.05, 0.1) is 28.9 Å². The molecule has 4 rings (SSSR count). The van der Waals surface area contributed by atoms with Crippen molar-refractivity contribution in [2.24, 2.45) is 0 Å². The Hall–Kier alpha value is -4.39. The van der Waals surface area contributed by atoms with Crippen molar-refractivity contribution in [3.8, 4) is 33.9 Å². The molecule has 3 aromatic carbocycles. The minimum atomic E-state index is -0.599. The lowest BCUT2D eigenvalue weighted by Crippen LogP contribution is -2.06. The minimum Gasteiger partial charge on any atom is -0.507 e. The van der Waals surface area contributed by atoms with Crippen LogP contribution in [0.4, 0.5) is 5.69 Å². The van der Waals surface area contributed by atoms with Crippen LogP contribution in [0.25, 0.3) is 22.4 Å². The third-order valence-corrected chi connectivity index (χ3v) is 5.29. The monoisotopic (exact) mass is 428 g/mol. The summed E-state index contributed by atoms with van der Waals surface area (Å²) in [6.07, 6.45) is 0. The molecule has 0 amide bonds. The molecule has 0 aliphatic heterocycles. The number of rotatable bonds is 6. The smallest absolute Gasteiger partial charge is 0.270 e. The second-order valence-corrected chi connectivity index (χ2v) is 7.23. The number of benzene rings is 3. The van der Waals surface area contributed by atoms with E-state index in [0.29, 0.717) is 28.1 Å². The molecular formula is C25H20N2O5. The number of para-hydroxylation sites is 1. The van der Waals surface area contributed by atoms with Crippen LogP contribution in [-0.4, -0.2) is 27.9 Å². The van der Waals surface area contributed by atoms with Crippen LogP contribution >= 0.6 is 0 Å². The van der Waals surface area contributed by atoms with E-state index in [1.54, 1.807) is 13.2 Å². The Kier molecular flexibility index (Phi) is 5.47. The normalized spacial score (nSPS) is 10.7. The summed E-state index contributed by atoms with van der Waals surface area (Å²) in [6.45, 7) is 1.85. The van der Waals surface area contributed by atoms with Crippen molar-refractivity contribution in [1.29, 1.82) is 0 Å². The fourth-order valence-corrected chi connectivity index (χ4v) is 3.82. The van der Waals surface area contributed by atoms with Gasteiger partial charge in [-0.2, -0.15) is 0 Å². The van der Waals surface area contributed by atoms with Crippen molar-refractivity contribution >= 4 is 11.5 Å². The van der Waals surface area contributed by atoms with Gasteiger partial charge in [0, 0.05) is 29.0 Å². The second-order valence-electron chi connectivity index (χ2n) is 7.23. The molecule has 7 heteroatoms. The number of H-pyrrole nitrogens is 1. The standard InChI is InChI=1S/C25H20N2O5/c1-15-22(18-10-6-7-11-21(18)32-2)23(24(26-15)16-8-4-3-5-9-16)25(29)19-14-17(27(30)31)12-13-20(19)28/h3-14,26,28H,1-2H3. The number of nitro groups is 1. The highest BCUT2D eigenvalue weighted by atomic mass is 16.6. The minimum absolute atomic E-state index is 0.147. The van der Waals surface area contributed by atoms with E-state index in [2.05, 4.69) is 4.98 Å². The van der Waals surface area contributed by atoms with Gasteiger partial charge in [-0.15, -0.1) is 0 Å². The van der Waals surface area contributed by atoms with Crippen molar-refractivity contribution in [3.05, 3.63) is 99.7 Å². The molecule has 2 N–H and O–H groups in total. The van der Waals surface area contributed by atoms with Crippen molar-refractivity contribution in [2.75, 3.05) is 7.11 Å². The van der Waals surface area contributed by atoms with Crippen LogP contribution in [0.2, 0.25) is 0 Å². The first-order chi connectivity index (χ1) is 15.4. The molecule has 1 heterocycles. The van der Waals surface area contributed by atoms with Gasteiger partial charge in [0.1, 0.15) is 11.5 Å². The highest BCUT2D eigenvalue weighted by molar-refractivity contribution is 6.18. The number of carbonyl (C=O) groups is 1. The highest BCUT2D eigenvalue weighted by Crippen LogP contribution is 2.41. The second kappa shape index (κ2) is 8.39. The molecule has 0 saturated heterocycles. The molecule has 1 aromatic heterocycles. The summed E-state index contributed by atoms with van der Waals surface area (Å²) in [7, 11) is 1.55. The number of aryl methyl sites for hydroxylation is 1. The molecule has 0 aliphatic carbocycles. The number of nitrogens with one attached hydrogen (secondary N) is 1. The van der Waals surface area contributed by atoms with Gasteiger partial charge in [-0.05, 0) is 24.6 Å². The maximum atomic E-state index is 13.8. The van der Waals surface area contributed by atoms with Crippen LogP contribution in [0.15, 0.2) is 72.8 Å². The van der Waals surface area contributed by atoms with Crippen molar-refractivity contribution < 1.29 is 19.6 Å². The molecule has 0 aliphatic rings. The summed E-state index contributed by atoms with van der Waals surface area (Å²) in [5, 5.41) is 21.7. The van der Waals surface area contributed by atoms with Crippen molar-refractivity contribution in [3.63, 3.8) is 0 Å². The summed E-state index contributed by atoms with van der Waals surface area (Å²) >= 11 is 0. The first-order valence-electron chi connectivity index (χ1n) is 9.85. The molecule has 0 unspecified atom stereocenters. The Labute approximate surface area is 184 Å². The first kappa shape index (κ1) is 20.9. The van der Waals surface area contributed by atoms with Gasteiger partial charge in [-0.1, -0.05) is 48.5 Å². The Bertz CT molecular complexity index is 1330. The summed E-state index contributed by atoms with van der Waals surface area (Å²) < 4.78 is 5.52. The number of nitro benzene ring substituents is 1. The molecule has 0 saturated carbocycles. The molecular weight excluding hydrogens is 408 g/mol. The molecule has 4 aromatic rings. The number of ether oxygens (including phenoxy) is 1. The van der Waals surface area contributed by atoms with Gasteiger partial charge in [-0.3, -0.25) is 14.9 Å². The van der Waals surface area contributed by atoms with Crippen molar-refractivity contribution in [2.45, 2.75) is 6.92 Å². The quantitative estimate of drug-likeness (QED) is 0.239. The maximum Gasteiger partial charge on any atom is 0.270 e. The number of carbonyl (C=O) groups excluding carboxylic acids is 1. The zero-order valence-electron chi connectivity index (χ0n) is 17.5. The lowest BCUT2D eigenvalue weighted by Gasteiger charge is -2.12. The number of aromatic hydroxyl groups is 1. The van der Waals surface area contributed by atoms with Crippen LogP contribution in [0.5, 0.6) is 11.5 Å². The summed E-state index contributed by atoms with van der Waals surface area (Å²) in [4.78, 5) is 27.8. The molecule has 160 valence electrons. The number of hydrogen-bond acceptors (Lipinski definition) is 5. The van der Waals surface area contributed by atoms with E-state index in [1.165, 1.54) is 0 Å². The van der Waals surface area contributed by atoms with Gasteiger partial charge in [0.25, 0.3) is 5.69 Å². The average molecular weight is 428 g/mol. The molecule has 0 fully saturated rings. The Morgan fingerprint density at radius 3 is 2.41 bits per heavy atom. The fraction of sp³-hybridized carbons (Fsp3) is 0.0800. The number of hydrogen-bond donors (Lipinski definition) is 2. The number of ketones is 1. The first-order valence-corrected chi connectivity index (χ1v) is 9.85. The van der Waals surface area contributed by atoms with E-state index >= 15 is 0 Å². The average Bonchev–Trinajstić information content (AvgIpc) is 3.16. The zero-order chi connectivity index (χ0) is 22.8. The largest absolute Gasteiger partial charge is 0.507 e. The van der Waals surface area contributed by atoms with Crippen LogP contribution in [0.1, 0.15) is 21.6 Å². The molecule has 0 spiro atoms. The van der Waals surface area contributed by atoms with Crippen LogP contribution in [0, 0.1) is 17.0 Å². The van der Waals surface area contributed by atoms with Gasteiger partial charge >= 0.3 is 0 Å². The number of phenols is 1. The number of methoxy groups -OCH3 is 1. The lowest BCUT2D eigenvalue weighted by atomic mass is 9.91. The summed E-state index contributed by atoms with van der Waals surface area (Å²) in [5.74, 6) is -0.286. The molecule has 0 atom stereocenters. The van der Waals surface area contributed by atoms with Gasteiger partial charge in [0.2, 0.25) is 0 Å². The maximum absolute atomic E-state index is 13.8. The summed E-state index contributed by atoms with van der Waals surface area (Å²) in [5.41, 5.74) is 3.22. The number of non-ortho nitro benzene ring substituents is 1. The predicted molar refractivity (Wildman–Crippen MR) is 121 cm³/mol. The SMILES string of the molecule is COc1ccccc1-c1c(C)[nH]c(-c2ccccc2)c1C(=O)c1cc([N+](=O)[O-])ccc1O. The Morgan fingerprint density at radius 2 is 1.72 bits per heavy atom. The van der Waals surface area contributed by atoms with Crippen LogP contribution < -0.4 is 4.74 Å². The van der Waals surface area contributed by atoms with E-state index in [9.17, 15) is 20.0 Å². The zero-order valence-corrected chi connectivity index (χ0v) is 17.5. The van der Waals surface area contributed by atoms with E-state index in [-0.39, 0.29) is 17.0 Å². The third-order valence-electron chi connectivity index (χ3n) is 5.29. The van der Waals surface area contributed by atoms with Crippen molar-refractivity contribution in [1.82, 2.24) is 4.98 Å². The molecule has 32 heavy (non-hydrogen) atoms. The number of aromatic amines is 1. The Morgan fingerprint density at radius 1 is 1.03 bits per heavy atom. The summed E-state index contributed by atoms with van der Waals surface area (Å²) in [6, 6.07) is 20.0. The number of aromatic nitrogens is 1.